The van der Waals surface area contributed by atoms with E-state index in [4.69, 9.17) is 0 Å². The zero-order chi connectivity index (χ0) is 13.8. The van der Waals surface area contributed by atoms with E-state index in [1.807, 2.05) is 18.2 Å². The maximum absolute atomic E-state index is 3.47. The number of allylic oxidation sites excluding steroid dienone is 1. The van der Waals surface area contributed by atoms with E-state index in [1.165, 1.54) is 23.1 Å². The Hall–Kier alpha value is -2.26. The molecule has 1 atom stereocenters. The van der Waals surface area contributed by atoms with Crippen LogP contribution in [0.1, 0.15) is 42.4 Å². The van der Waals surface area contributed by atoms with Gasteiger partial charge in [-0.05, 0) is 29.7 Å². The summed E-state index contributed by atoms with van der Waals surface area (Å²) in [7, 11) is 0. The van der Waals surface area contributed by atoms with Crippen LogP contribution < -0.4 is 0 Å². The zero-order valence-electron chi connectivity index (χ0n) is 11.8. The van der Waals surface area contributed by atoms with Gasteiger partial charge in [0.2, 0.25) is 0 Å². The molecule has 1 unspecified atom stereocenters. The zero-order valence-corrected chi connectivity index (χ0v) is 11.8. The van der Waals surface area contributed by atoms with Crippen LogP contribution in [0, 0.1) is 11.8 Å². The van der Waals surface area contributed by atoms with Gasteiger partial charge in [0.1, 0.15) is 0 Å². The van der Waals surface area contributed by atoms with Gasteiger partial charge in [-0.2, -0.15) is 0 Å². The van der Waals surface area contributed by atoms with Gasteiger partial charge in [-0.1, -0.05) is 79.3 Å². The summed E-state index contributed by atoms with van der Waals surface area (Å²) in [6, 6.07) is 18.8. The lowest BCUT2D eigenvalue weighted by atomic mass is 9.93. The van der Waals surface area contributed by atoms with Crippen molar-refractivity contribution in [3.8, 4) is 11.8 Å². The smallest absolute Gasteiger partial charge is 0.0674 e. The molecular formula is C20H18. The lowest BCUT2D eigenvalue weighted by Crippen LogP contribution is -1.96. The number of rotatable bonds is 2. The molecule has 20 heavy (non-hydrogen) atoms. The van der Waals surface area contributed by atoms with Crippen molar-refractivity contribution in [2.24, 2.45) is 0 Å². The average Bonchev–Trinajstić information content (AvgIpc) is 2.84. The van der Waals surface area contributed by atoms with Gasteiger partial charge in [-0.25, -0.2) is 0 Å². The van der Waals surface area contributed by atoms with Gasteiger partial charge >= 0.3 is 0 Å². The minimum absolute atomic E-state index is 0.270. The van der Waals surface area contributed by atoms with Crippen LogP contribution in [-0.4, -0.2) is 0 Å². The van der Waals surface area contributed by atoms with Gasteiger partial charge in [0.15, 0.2) is 0 Å². The Morgan fingerprint density at radius 2 is 1.70 bits per heavy atom. The molecule has 3 rings (SSSR count). The van der Waals surface area contributed by atoms with E-state index in [2.05, 4.69) is 61.2 Å². The Morgan fingerprint density at radius 1 is 0.950 bits per heavy atom. The highest BCUT2D eigenvalue weighted by Gasteiger charge is 2.22. The van der Waals surface area contributed by atoms with Gasteiger partial charge in [0.05, 0.1) is 5.92 Å². The quantitative estimate of drug-likeness (QED) is 0.663. The maximum Gasteiger partial charge on any atom is 0.0674 e. The molecule has 0 spiro atoms. The summed E-state index contributed by atoms with van der Waals surface area (Å²) >= 11 is 0. The first kappa shape index (κ1) is 12.8. The van der Waals surface area contributed by atoms with Crippen molar-refractivity contribution >= 4 is 6.08 Å². The van der Waals surface area contributed by atoms with Crippen molar-refractivity contribution in [1.29, 1.82) is 0 Å². The SMILES string of the molecule is CCCC1=Cc2ccccc2C1C#Cc1ccccc1. The van der Waals surface area contributed by atoms with E-state index < -0.39 is 0 Å². The third-order valence-electron chi connectivity index (χ3n) is 3.69. The molecule has 2 aromatic rings. The summed E-state index contributed by atoms with van der Waals surface area (Å²) in [6.07, 6.45) is 4.62. The van der Waals surface area contributed by atoms with Crippen molar-refractivity contribution in [2.45, 2.75) is 25.7 Å². The number of hydrogen-bond donors (Lipinski definition) is 0. The monoisotopic (exact) mass is 258 g/mol. The number of benzene rings is 2. The van der Waals surface area contributed by atoms with Crippen LogP contribution in [0.15, 0.2) is 60.2 Å². The normalized spacial score (nSPS) is 16.1. The van der Waals surface area contributed by atoms with Crippen molar-refractivity contribution in [3.05, 3.63) is 76.9 Å². The van der Waals surface area contributed by atoms with E-state index >= 15 is 0 Å². The highest BCUT2D eigenvalue weighted by molar-refractivity contribution is 5.69. The molecule has 0 heterocycles. The molecule has 0 aromatic heterocycles. The third kappa shape index (κ3) is 2.53. The second-order valence-electron chi connectivity index (χ2n) is 5.17. The number of fused-ring (bicyclic) bond motifs is 1. The van der Waals surface area contributed by atoms with Crippen LogP contribution in [-0.2, 0) is 0 Å². The molecular weight excluding hydrogens is 240 g/mol. The van der Waals surface area contributed by atoms with Crippen LogP contribution in [0.25, 0.3) is 6.08 Å². The Morgan fingerprint density at radius 3 is 2.50 bits per heavy atom. The van der Waals surface area contributed by atoms with Crippen molar-refractivity contribution in [2.75, 3.05) is 0 Å². The Bertz CT molecular complexity index is 681. The second kappa shape index (κ2) is 5.80. The largest absolute Gasteiger partial charge is 0.0852 e. The predicted octanol–water partition coefficient (Wildman–Crippen LogP) is 5.02. The van der Waals surface area contributed by atoms with Crippen molar-refractivity contribution in [3.63, 3.8) is 0 Å². The summed E-state index contributed by atoms with van der Waals surface area (Å²) in [5.74, 6) is 7.07. The first-order chi connectivity index (χ1) is 9.88. The minimum Gasteiger partial charge on any atom is -0.0852 e. The highest BCUT2D eigenvalue weighted by atomic mass is 14.2. The van der Waals surface area contributed by atoms with Gasteiger partial charge in [-0.3, -0.25) is 0 Å². The summed E-state index contributed by atoms with van der Waals surface area (Å²) in [5, 5.41) is 0. The van der Waals surface area contributed by atoms with E-state index in [0.717, 1.165) is 12.0 Å². The molecule has 1 aliphatic rings. The van der Waals surface area contributed by atoms with Crippen molar-refractivity contribution < 1.29 is 0 Å². The molecule has 0 fully saturated rings. The minimum atomic E-state index is 0.270. The molecule has 98 valence electrons. The van der Waals surface area contributed by atoms with Crippen LogP contribution in [0.4, 0.5) is 0 Å². The summed E-state index contributed by atoms with van der Waals surface area (Å²) in [4.78, 5) is 0. The summed E-state index contributed by atoms with van der Waals surface area (Å²) in [5.41, 5.74) is 5.24. The fraction of sp³-hybridized carbons (Fsp3) is 0.200. The first-order valence-electron chi connectivity index (χ1n) is 7.24. The molecule has 0 saturated carbocycles. The van der Waals surface area contributed by atoms with Crippen LogP contribution >= 0.6 is 0 Å². The Labute approximate surface area is 121 Å². The van der Waals surface area contributed by atoms with E-state index in [0.29, 0.717) is 0 Å². The molecule has 0 radical (unpaired) electrons. The highest BCUT2D eigenvalue weighted by Crippen LogP contribution is 2.37. The van der Waals surface area contributed by atoms with E-state index in [1.54, 1.807) is 0 Å². The molecule has 0 bridgehead atoms. The predicted molar refractivity (Wildman–Crippen MR) is 85.4 cm³/mol. The lowest BCUT2D eigenvalue weighted by Gasteiger charge is -2.09. The maximum atomic E-state index is 3.47. The molecule has 0 nitrogen and oxygen atoms in total. The molecule has 0 aliphatic heterocycles. The fourth-order valence-corrected chi connectivity index (χ4v) is 2.74. The summed E-state index contributed by atoms with van der Waals surface area (Å²) < 4.78 is 0. The van der Waals surface area contributed by atoms with Gasteiger partial charge in [0, 0.05) is 5.56 Å². The molecule has 1 aliphatic carbocycles. The first-order valence-corrected chi connectivity index (χ1v) is 7.24. The van der Waals surface area contributed by atoms with Crippen LogP contribution in [0.2, 0.25) is 0 Å². The lowest BCUT2D eigenvalue weighted by molar-refractivity contribution is 0.856. The standard InChI is InChI=1S/C20H18/c1-2-8-17-15-18-11-6-7-12-19(18)20(17)14-13-16-9-4-3-5-10-16/h3-7,9-12,15,20H,2,8H2,1H3. The summed E-state index contributed by atoms with van der Waals surface area (Å²) in [6.45, 7) is 2.23. The van der Waals surface area contributed by atoms with Crippen LogP contribution in [0.3, 0.4) is 0 Å². The van der Waals surface area contributed by atoms with Crippen molar-refractivity contribution in [1.82, 2.24) is 0 Å². The second-order valence-corrected chi connectivity index (χ2v) is 5.17. The third-order valence-corrected chi connectivity index (χ3v) is 3.69. The number of hydrogen-bond acceptors (Lipinski definition) is 0. The molecule has 0 amide bonds. The van der Waals surface area contributed by atoms with Gasteiger partial charge in [0.25, 0.3) is 0 Å². The van der Waals surface area contributed by atoms with E-state index in [9.17, 15) is 0 Å². The fourth-order valence-electron chi connectivity index (χ4n) is 2.74. The topological polar surface area (TPSA) is 0 Å². The Kier molecular flexibility index (Phi) is 3.70. The Balaban J connectivity index is 1.95. The average molecular weight is 258 g/mol. The van der Waals surface area contributed by atoms with Gasteiger partial charge < -0.3 is 0 Å². The molecule has 0 saturated heterocycles. The van der Waals surface area contributed by atoms with Gasteiger partial charge in [-0.15, -0.1) is 0 Å². The molecule has 0 heteroatoms. The molecule has 0 N–H and O–H groups in total. The van der Waals surface area contributed by atoms with Crippen LogP contribution in [0.5, 0.6) is 0 Å². The van der Waals surface area contributed by atoms with E-state index in [-0.39, 0.29) is 5.92 Å². The molecule has 2 aromatic carbocycles.